The number of carbonyl (C=O) groups excluding carboxylic acids is 1. The number of amides is 1. The van der Waals surface area contributed by atoms with Gasteiger partial charge in [-0.1, -0.05) is 30.3 Å². The number of hydrogen-bond acceptors (Lipinski definition) is 5. The highest BCUT2D eigenvalue weighted by molar-refractivity contribution is 5.87. The molecule has 0 bridgehead atoms. The summed E-state index contributed by atoms with van der Waals surface area (Å²) in [4.78, 5) is 20.7. The molecule has 0 spiro atoms. The van der Waals surface area contributed by atoms with Crippen LogP contribution >= 0.6 is 0 Å². The molecule has 1 aliphatic rings. The first-order valence-corrected chi connectivity index (χ1v) is 12.1. The molecule has 1 fully saturated rings. The summed E-state index contributed by atoms with van der Waals surface area (Å²) >= 11 is 0. The number of aromatic nitrogens is 2. The second-order valence-corrected chi connectivity index (χ2v) is 9.15. The third-order valence-corrected chi connectivity index (χ3v) is 6.77. The fraction of sp³-hybridized carbons (Fsp3) is 0.345. The van der Waals surface area contributed by atoms with E-state index in [0.29, 0.717) is 0 Å². The van der Waals surface area contributed by atoms with E-state index in [4.69, 9.17) is 9.47 Å². The van der Waals surface area contributed by atoms with Crippen LogP contribution in [0.4, 0.5) is 0 Å². The highest BCUT2D eigenvalue weighted by Gasteiger charge is 2.55. The maximum Gasteiger partial charge on any atom is 0.243 e. The second-order valence-electron chi connectivity index (χ2n) is 9.15. The number of hydrogen-bond donors (Lipinski definition) is 1. The molecular weight excluding hydrogens is 438 g/mol. The zero-order valence-electron chi connectivity index (χ0n) is 20.6. The maximum atomic E-state index is 12.6. The van der Waals surface area contributed by atoms with Gasteiger partial charge in [-0.2, -0.15) is 0 Å². The van der Waals surface area contributed by atoms with Crippen LogP contribution in [0.15, 0.2) is 79.4 Å². The lowest BCUT2D eigenvalue weighted by Gasteiger charge is -2.20. The average Bonchev–Trinajstić information content (AvgIpc) is 3.64. The topological polar surface area (TPSA) is 73.3 Å². The van der Waals surface area contributed by atoms with Crippen molar-refractivity contribution in [2.24, 2.45) is 5.92 Å². The third kappa shape index (κ3) is 5.88. The Morgan fingerprint density at radius 2 is 1.71 bits per heavy atom. The van der Waals surface area contributed by atoms with Crippen LogP contribution in [0.3, 0.4) is 0 Å². The average molecular weight is 472 g/mol. The summed E-state index contributed by atoms with van der Waals surface area (Å²) in [5.74, 6) is 1.81. The molecule has 1 N–H and O–H groups in total. The van der Waals surface area contributed by atoms with Crippen LogP contribution in [0.1, 0.15) is 42.9 Å². The van der Waals surface area contributed by atoms with Gasteiger partial charge in [-0.25, -0.2) is 9.97 Å². The molecule has 1 aliphatic carbocycles. The minimum absolute atomic E-state index is 0.0578. The Kier molecular flexibility index (Phi) is 7.80. The lowest BCUT2D eigenvalue weighted by molar-refractivity contribution is -0.117. The van der Waals surface area contributed by atoms with Crippen LogP contribution in [0.5, 0.6) is 11.5 Å². The number of aryl methyl sites for hydroxylation is 1. The van der Waals surface area contributed by atoms with E-state index in [-0.39, 0.29) is 23.3 Å². The highest BCUT2D eigenvalue weighted by Crippen LogP contribution is 2.60. The molecule has 1 heterocycles. The molecule has 1 amide bonds. The Morgan fingerprint density at radius 1 is 1.09 bits per heavy atom. The van der Waals surface area contributed by atoms with Gasteiger partial charge in [0.25, 0.3) is 0 Å². The zero-order valence-corrected chi connectivity index (χ0v) is 20.6. The van der Waals surface area contributed by atoms with Crippen molar-refractivity contribution in [2.75, 3.05) is 14.2 Å². The molecule has 6 heteroatoms. The molecule has 2 aromatic carbocycles. The van der Waals surface area contributed by atoms with Crippen molar-refractivity contribution < 1.29 is 14.3 Å². The Labute approximate surface area is 207 Å². The van der Waals surface area contributed by atoms with Crippen LogP contribution in [-0.4, -0.2) is 36.1 Å². The normalized spacial score (nSPS) is 17.1. The first-order valence-electron chi connectivity index (χ1n) is 12.1. The van der Waals surface area contributed by atoms with Gasteiger partial charge in [-0.15, -0.1) is 0 Å². The summed E-state index contributed by atoms with van der Waals surface area (Å²) in [6.45, 7) is 2.04. The Balaban J connectivity index is 1.41. The maximum absolute atomic E-state index is 12.6. The van der Waals surface area contributed by atoms with Gasteiger partial charge in [-0.3, -0.25) is 4.79 Å². The van der Waals surface area contributed by atoms with E-state index < -0.39 is 0 Å². The Bertz CT molecular complexity index is 1120. The van der Waals surface area contributed by atoms with E-state index >= 15 is 0 Å². The zero-order chi connectivity index (χ0) is 24.7. The summed E-state index contributed by atoms with van der Waals surface area (Å²) in [5, 5.41) is 3.10. The number of rotatable bonds is 11. The molecule has 0 radical (unpaired) electrons. The van der Waals surface area contributed by atoms with E-state index in [1.807, 2.05) is 49.7 Å². The lowest BCUT2D eigenvalue weighted by atomic mass is 9.85. The van der Waals surface area contributed by atoms with E-state index in [1.165, 1.54) is 17.5 Å². The minimum Gasteiger partial charge on any atom is -0.497 e. The number of allylic oxidation sites excluding steroid dienone is 1. The smallest absolute Gasteiger partial charge is 0.243 e. The van der Waals surface area contributed by atoms with Crippen molar-refractivity contribution in [3.63, 3.8) is 0 Å². The predicted molar refractivity (Wildman–Crippen MR) is 137 cm³/mol. The number of ether oxygens (including phenoxy) is 2. The molecule has 35 heavy (non-hydrogen) atoms. The summed E-state index contributed by atoms with van der Waals surface area (Å²) < 4.78 is 11.0. The molecule has 1 saturated carbocycles. The number of carbonyl (C=O) groups is 1. The number of methoxy groups -OCH3 is 2. The van der Waals surface area contributed by atoms with Gasteiger partial charge >= 0.3 is 0 Å². The fourth-order valence-corrected chi connectivity index (χ4v) is 4.79. The van der Waals surface area contributed by atoms with E-state index in [1.54, 1.807) is 20.3 Å². The van der Waals surface area contributed by atoms with E-state index in [2.05, 4.69) is 39.6 Å². The van der Waals surface area contributed by atoms with Gasteiger partial charge < -0.3 is 14.8 Å². The molecule has 3 aromatic rings. The molecule has 0 unspecified atom stereocenters. The molecule has 0 aliphatic heterocycles. The Hall–Kier alpha value is -3.67. The minimum atomic E-state index is -0.205. The molecule has 0 saturated heterocycles. The third-order valence-electron chi connectivity index (χ3n) is 6.77. The van der Waals surface area contributed by atoms with E-state index in [9.17, 15) is 4.79 Å². The fourth-order valence-electron chi connectivity index (χ4n) is 4.79. The van der Waals surface area contributed by atoms with Crippen molar-refractivity contribution in [1.29, 1.82) is 0 Å². The molecule has 1 aromatic heterocycles. The monoisotopic (exact) mass is 471 g/mol. The first-order chi connectivity index (χ1) is 17.0. The van der Waals surface area contributed by atoms with Gasteiger partial charge in [0.1, 0.15) is 17.8 Å². The standard InChI is InChI=1S/C29H33N3O3/c1-21(7-4-8-22-18-30-20-31-19-22)32-28(33)14-13-25-17-29(25,23-9-5-11-26(15-23)34-2)24-10-6-12-27(16-24)35-3/h5-6,9-16,18-21,25H,4,7-8,17H2,1-3H3,(H,32,33)/t21-,25-/m0/s1. The first kappa shape index (κ1) is 24.5. The number of benzene rings is 2. The van der Waals surface area contributed by atoms with Crippen LogP contribution < -0.4 is 14.8 Å². The number of nitrogens with one attached hydrogen (secondary N) is 1. The lowest BCUT2D eigenvalue weighted by Crippen LogP contribution is -2.31. The summed E-state index contributed by atoms with van der Waals surface area (Å²) in [5.41, 5.74) is 3.27. The van der Waals surface area contributed by atoms with Gasteiger partial charge in [0, 0.05) is 23.9 Å². The van der Waals surface area contributed by atoms with Crippen molar-refractivity contribution in [3.8, 4) is 11.5 Å². The molecule has 6 nitrogen and oxygen atoms in total. The van der Waals surface area contributed by atoms with Gasteiger partial charge in [-0.05, 0) is 85.6 Å². The van der Waals surface area contributed by atoms with Crippen LogP contribution in [-0.2, 0) is 16.6 Å². The van der Waals surface area contributed by atoms with Crippen LogP contribution in [0.25, 0.3) is 0 Å². The van der Waals surface area contributed by atoms with Crippen molar-refractivity contribution in [2.45, 2.75) is 44.1 Å². The highest BCUT2D eigenvalue weighted by atomic mass is 16.5. The van der Waals surface area contributed by atoms with Crippen molar-refractivity contribution in [3.05, 3.63) is 96.1 Å². The summed E-state index contributed by atoms with van der Waals surface area (Å²) in [6, 6.07) is 16.5. The number of nitrogens with zero attached hydrogens (tertiary/aromatic N) is 2. The summed E-state index contributed by atoms with van der Waals surface area (Å²) in [7, 11) is 3.36. The van der Waals surface area contributed by atoms with E-state index in [0.717, 1.165) is 42.7 Å². The molecule has 182 valence electrons. The molecular formula is C29H33N3O3. The largest absolute Gasteiger partial charge is 0.497 e. The van der Waals surface area contributed by atoms with Gasteiger partial charge in [0.15, 0.2) is 0 Å². The predicted octanol–water partition coefficient (Wildman–Crippen LogP) is 4.88. The summed E-state index contributed by atoms with van der Waals surface area (Å²) in [6.07, 6.45) is 12.6. The van der Waals surface area contributed by atoms with Crippen LogP contribution in [0, 0.1) is 5.92 Å². The molecule has 4 rings (SSSR count). The Morgan fingerprint density at radius 3 is 2.31 bits per heavy atom. The van der Waals surface area contributed by atoms with Crippen LogP contribution in [0.2, 0.25) is 0 Å². The quantitative estimate of drug-likeness (QED) is 0.404. The second kappa shape index (κ2) is 11.2. The SMILES string of the molecule is COc1cccc(C2(c3cccc(OC)c3)C[C@@H]2C=CC(=O)N[C@@H](C)CCCc2cncnc2)c1. The van der Waals surface area contributed by atoms with Gasteiger partial charge in [0.2, 0.25) is 5.91 Å². The van der Waals surface area contributed by atoms with Crippen molar-refractivity contribution >= 4 is 5.91 Å². The molecule has 2 atom stereocenters. The van der Waals surface area contributed by atoms with Crippen molar-refractivity contribution in [1.82, 2.24) is 15.3 Å². The van der Waals surface area contributed by atoms with Gasteiger partial charge in [0.05, 0.1) is 14.2 Å².